The van der Waals surface area contributed by atoms with Crippen molar-refractivity contribution in [2.75, 3.05) is 13.7 Å². The predicted molar refractivity (Wildman–Crippen MR) is 75.5 cm³/mol. The number of carbonyl (C=O) groups is 1. The first-order valence-electron chi connectivity index (χ1n) is 6.72. The first-order valence-corrected chi connectivity index (χ1v) is 6.72. The van der Waals surface area contributed by atoms with Crippen LogP contribution in [0.3, 0.4) is 0 Å². The molecule has 0 aromatic heterocycles. The van der Waals surface area contributed by atoms with Crippen LogP contribution in [0.15, 0.2) is 24.3 Å². The Morgan fingerprint density at radius 3 is 2.53 bits per heavy atom. The van der Waals surface area contributed by atoms with Crippen molar-refractivity contribution in [3.05, 3.63) is 29.8 Å². The van der Waals surface area contributed by atoms with E-state index in [1.165, 1.54) is 5.56 Å². The second-order valence-electron chi connectivity index (χ2n) is 4.65. The van der Waals surface area contributed by atoms with E-state index in [9.17, 15) is 4.79 Å². The molecule has 0 radical (unpaired) electrons. The molecule has 0 heterocycles. The smallest absolute Gasteiger partial charge is 0.303 e. The van der Waals surface area contributed by atoms with Gasteiger partial charge < -0.3 is 15.2 Å². The predicted octanol–water partition coefficient (Wildman–Crippen LogP) is 2.99. The summed E-state index contributed by atoms with van der Waals surface area (Å²) in [6, 6.07) is 8.33. The van der Waals surface area contributed by atoms with Gasteiger partial charge in [-0.25, -0.2) is 0 Å². The summed E-state index contributed by atoms with van der Waals surface area (Å²) in [5.74, 6) is 0.157. The summed E-state index contributed by atoms with van der Waals surface area (Å²) < 4.78 is 5.13. The summed E-state index contributed by atoms with van der Waals surface area (Å²) in [6.45, 7) is 3.03. The van der Waals surface area contributed by atoms with Gasteiger partial charge in [-0.05, 0) is 44.0 Å². The minimum Gasteiger partial charge on any atom is -0.497 e. The zero-order valence-corrected chi connectivity index (χ0v) is 11.7. The Hall–Kier alpha value is -1.55. The van der Waals surface area contributed by atoms with Crippen LogP contribution in [0.5, 0.6) is 5.75 Å². The molecule has 0 aliphatic carbocycles. The number of nitrogens with one attached hydrogen (secondary N) is 1. The van der Waals surface area contributed by atoms with E-state index in [1.54, 1.807) is 7.11 Å². The topological polar surface area (TPSA) is 58.6 Å². The highest BCUT2D eigenvalue weighted by Gasteiger charge is 2.04. The summed E-state index contributed by atoms with van der Waals surface area (Å²) in [6.07, 6.45) is 2.99. The molecule has 4 heteroatoms. The zero-order valence-electron chi connectivity index (χ0n) is 11.7. The van der Waals surface area contributed by atoms with Gasteiger partial charge >= 0.3 is 5.97 Å². The number of aliphatic carboxylic acids is 1. The maximum atomic E-state index is 10.4. The van der Waals surface area contributed by atoms with Crippen LogP contribution < -0.4 is 10.1 Å². The number of hydrogen-bond donors (Lipinski definition) is 2. The number of carboxylic acids is 1. The van der Waals surface area contributed by atoms with E-state index >= 15 is 0 Å². The Kier molecular flexibility index (Phi) is 6.97. The standard InChI is InChI=1S/C15H23NO3/c1-12(13-7-9-14(19-2)10-8-13)16-11-5-3-4-6-15(17)18/h7-10,12,16H,3-6,11H2,1-2H3,(H,17,18)/t12-/m1/s1. The first-order chi connectivity index (χ1) is 9.13. The normalized spacial score (nSPS) is 12.1. The van der Waals surface area contributed by atoms with Gasteiger partial charge in [0.2, 0.25) is 0 Å². The molecule has 0 spiro atoms. The number of benzene rings is 1. The Morgan fingerprint density at radius 2 is 1.95 bits per heavy atom. The molecular weight excluding hydrogens is 242 g/mol. The van der Waals surface area contributed by atoms with E-state index in [1.807, 2.05) is 12.1 Å². The van der Waals surface area contributed by atoms with Crippen LogP contribution in [0.25, 0.3) is 0 Å². The Bertz CT molecular complexity index is 375. The molecule has 0 saturated carbocycles. The van der Waals surface area contributed by atoms with Gasteiger partial charge in [0.1, 0.15) is 5.75 Å². The third-order valence-electron chi connectivity index (χ3n) is 3.13. The van der Waals surface area contributed by atoms with Gasteiger partial charge in [0, 0.05) is 12.5 Å². The highest BCUT2D eigenvalue weighted by Crippen LogP contribution is 2.17. The average Bonchev–Trinajstić information content (AvgIpc) is 2.42. The number of rotatable bonds is 9. The van der Waals surface area contributed by atoms with Gasteiger partial charge in [-0.3, -0.25) is 4.79 Å². The monoisotopic (exact) mass is 265 g/mol. The third-order valence-corrected chi connectivity index (χ3v) is 3.13. The maximum absolute atomic E-state index is 10.4. The van der Waals surface area contributed by atoms with E-state index in [0.29, 0.717) is 6.04 Å². The van der Waals surface area contributed by atoms with Crippen LogP contribution >= 0.6 is 0 Å². The van der Waals surface area contributed by atoms with E-state index in [2.05, 4.69) is 24.4 Å². The van der Waals surface area contributed by atoms with Crippen LogP contribution in [0.1, 0.15) is 44.2 Å². The quantitative estimate of drug-likeness (QED) is 0.674. The van der Waals surface area contributed by atoms with Crippen LogP contribution in [0, 0.1) is 0 Å². The molecule has 0 saturated heterocycles. The SMILES string of the molecule is COc1ccc([C@@H](C)NCCCCCC(=O)O)cc1. The molecule has 0 aliphatic heterocycles. The fourth-order valence-electron chi connectivity index (χ4n) is 1.91. The Balaban J connectivity index is 2.19. The van der Waals surface area contributed by atoms with E-state index < -0.39 is 5.97 Å². The molecule has 1 aromatic rings. The fraction of sp³-hybridized carbons (Fsp3) is 0.533. The van der Waals surface area contributed by atoms with Crippen LogP contribution in [-0.4, -0.2) is 24.7 Å². The molecule has 1 rings (SSSR count). The Labute approximate surface area is 114 Å². The summed E-state index contributed by atoms with van der Waals surface area (Å²) in [5, 5.41) is 12.0. The van der Waals surface area contributed by atoms with Gasteiger partial charge in [-0.1, -0.05) is 18.6 Å². The lowest BCUT2D eigenvalue weighted by Crippen LogP contribution is -2.19. The van der Waals surface area contributed by atoms with Crippen molar-refractivity contribution < 1.29 is 14.6 Å². The van der Waals surface area contributed by atoms with Crippen molar-refractivity contribution in [3.8, 4) is 5.75 Å². The molecule has 106 valence electrons. The van der Waals surface area contributed by atoms with Gasteiger partial charge in [0.05, 0.1) is 7.11 Å². The summed E-state index contributed by atoms with van der Waals surface area (Å²) in [5.41, 5.74) is 1.23. The minimum absolute atomic E-state index is 0.272. The van der Waals surface area contributed by atoms with E-state index in [4.69, 9.17) is 9.84 Å². The van der Waals surface area contributed by atoms with Gasteiger partial charge in [0.15, 0.2) is 0 Å². The molecule has 4 nitrogen and oxygen atoms in total. The maximum Gasteiger partial charge on any atom is 0.303 e. The molecule has 1 aromatic carbocycles. The molecule has 0 bridgehead atoms. The van der Waals surface area contributed by atoms with Crippen molar-refractivity contribution in [1.29, 1.82) is 0 Å². The van der Waals surface area contributed by atoms with E-state index in [0.717, 1.165) is 31.6 Å². The van der Waals surface area contributed by atoms with Gasteiger partial charge in [-0.2, -0.15) is 0 Å². The minimum atomic E-state index is -0.709. The van der Waals surface area contributed by atoms with Crippen molar-refractivity contribution in [1.82, 2.24) is 5.32 Å². The molecule has 0 aliphatic rings. The number of methoxy groups -OCH3 is 1. The molecular formula is C15H23NO3. The fourth-order valence-corrected chi connectivity index (χ4v) is 1.91. The molecule has 0 unspecified atom stereocenters. The molecule has 19 heavy (non-hydrogen) atoms. The summed E-state index contributed by atoms with van der Waals surface area (Å²) in [7, 11) is 1.66. The number of hydrogen-bond acceptors (Lipinski definition) is 3. The molecule has 0 fully saturated rings. The average molecular weight is 265 g/mol. The van der Waals surface area contributed by atoms with Crippen molar-refractivity contribution in [2.45, 2.75) is 38.6 Å². The van der Waals surface area contributed by atoms with Crippen LogP contribution in [0.2, 0.25) is 0 Å². The summed E-state index contributed by atoms with van der Waals surface area (Å²) >= 11 is 0. The second-order valence-corrected chi connectivity index (χ2v) is 4.65. The van der Waals surface area contributed by atoms with E-state index in [-0.39, 0.29) is 6.42 Å². The lowest BCUT2D eigenvalue weighted by atomic mass is 10.1. The third kappa shape index (κ3) is 6.25. The van der Waals surface area contributed by atoms with Crippen molar-refractivity contribution in [2.24, 2.45) is 0 Å². The molecule has 0 amide bonds. The largest absolute Gasteiger partial charge is 0.497 e. The number of ether oxygens (including phenoxy) is 1. The Morgan fingerprint density at radius 1 is 1.26 bits per heavy atom. The van der Waals surface area contributed by atoms with Crippen molar-refractivity contribution in [3.63, 3.8) is 0 Å². The highest BCUT2D eigenvalue weighted by atomic mass is 16.5. The first kappa shape index (κ1) is 15.5. The van der Waals surface area contributed by atoms with Gasteiger partial charge in [0.25, 0.3) is 0 Å². The lowest BCUT2D eigenvalue weighted by molar-refractivity contribution is -0.137. The van der Waals surface area contributed by atoms with Crippen molar-refractivity contribution >= 4 is 5.97 Å². The number of unbranched alkanes of at least 4 members (excludes halogenated alkanes) is 2. The summed E-state index contributed by atoms with van der Waals surface area (Å²) in [4.78, 5) is 10.4. The second kappa shape index (κ2) is 8.53. The zero-order chi connectivity index (χ0) is 14.1. The van der Waals surface area contributed by atoms with Gasteiger partial charge in [-0.15, -0.1) is 0 Å². The molecule has 2 N–H and O–H groups in total. The molecule has 1 atom stereocenters. The highest BCUT2D eigenvalue weighted by molar-refractivity contribution is 5.66. The number of carboxylic acid groups (broad SMARTS) is 1. The van der Waals surface area contributed by atoms with Crippen LogP contribution in [0.4, 0.5) is 0 Å². The van der Waals surface area contributed by atoms with Crippen LogP contribution in [-0.2, 0) is 4.79 Å². The lowest BCUT2D eigenvalue weighted by Gasteiger charge is -2.14.